The lowest BCUT2D eigenvalue weighted by atomic mass is 10.0. The molecule has 0 N–H and O–H groups in total. The molecular formula is C13H22N2. The van der Waals surface area contributed by atoms with Gasteiger partial charge in [-0.1, -0.05) is 27.7 Å². The first-order valence-electron chi connectivity index (χ1n) is 6.13. The zero-order valence-electron chi connectivity index (χ0n) is 10.5. The number of fused-ring (bicyclic) bond motifs is 1. The van der Waals surface area contributed by atoms with E-state index in [0.29, 0.717) is 17.9 Å². The number of hydrogen-bond acceptors (Lipinski definition) is 1. The van der Waals surface area contributed by atoms with Crippen LogP contribution in [0, 0.1) is 0 Å². The minimum absolute atomic E-state index is 0.549. The van der Waals surface area contributed by atoms with Gasteiger partial charge in [0.15, 0.2) is 0 Å². The molecule has 2 heterocycles. The normalized spacial score (nSPS) is 20.3. The molecular weight excluding hydrogens is 184 g/mol. The number of hydrogen-bond donors (Lipinski definition) is 0. The average Bonchev–Trinajstić information content (AvgIpc) is 2.65. The largest absolute Gasteiger partial charge is 0.329 e. The van der Waals surface area contributed by atoms with Gasteiger partial charge in [0.1, 0.15) is 5.82 Å². The molecule has 0 amide bonds. The third-order valence-corrected chi connectivity index (χ3v) is 3.37. The van der Waals surface area contributed by atoms with Crippen LogP contribution in [-0.4, -0.2) is 9.55 Å². The maximum absolute atomic E-state index is 4.82. The summed E-state index contributed by atoms with van der Waals surface area (Å²) in [6, 6.07) is 0.650. The molecule has 1 aliphatic heterocycles. The third kappa shape index (κ3) is 1.60. The van der Waals surface area contributed by atoms with Crippen molar-refractivity contribution >= 4 is 0 Å². The van der Waals surface area contributed by atoms with Crippen molar-refractivity contribution in [3.8, 4) is 0 Å². The molecule has 0 bridgehead atoms. The Bertz CT molecular complexity index is 361. The third-order valence-electron chi connectivity index (χ3n) is 3.37. The van der Waals surface area contributed by atoms with Gasteiger partial charge in [0.05, 0.1) is 5.69 Å². The van der Waals surface area contributed by atoms with E-state index in [1.807, 2.05) is 0 Å². The molecule has 84 valence electrons. The second-order valence-electron chi connectivity index (χ2n) is 5.37. The summed E-state index contributed by atoms with van der Waals surface area (Å²) in [5.41, 5.74) is 2.80. The van der Waals surface area contributed by atoms with Gasteiger partial charge in [-0.2, -0.15) is 0 Å². The number of aryl methyl sites for hydroxylation is 1. The summed E-state index contributed by atoms with van der Waals surface area (Å²) in [4.78, 5) is 4.82. The minimum Gasteiger partial charge on any atom is -0.329 e. The number of rotatable bonds is 2. The van der Waals surface area contributed by atoms with Crippen LogP contribution in [0.5, 0.6) is 0 Å². The molecule has 0 saturated heterocycles. The fourth-order valence-corrected chi connectivity index (χ4v) is 2.65. The molecule has 0 saturated carbocycles. The van der Waals surface area contributed by atoms with Gasteiger partial charge < -0.3 is 4.57 Å². The second kappa shape index (κ2) is 3.66. The van der Waals surface area contributed by atoms with E-state index >= 15 is 0 Å². The summed E-state index contributed by atoms with van der Waals surface area (Å²) >= 11 is 0. The van der Waals surface area contributed by atoms with E-state index < -0.39 is 0 Å². The lowest BCUT2D eigenvalue weighted by Crippen LogP contribution is -2.08. The van der Waals surface area contributed by atoms with Gasteiger partial charge in [-0.3, -0.25) is 0 Å². The highest BCUT2D eigenvalue weighted by atomic mass is 15.1. The second-order valence-corrected chi connectivity index (χ2v) is 5.37. The average molecular weight is 206 g/mol. The molecule has 1 aliphatic rings. The van der Waals surface area contributed by atoms with Crippen LogP contribution in [0.15, 0.2) is 0 Å². The van der Waals surface area contributed by atoms with E-state index in [1.54, 1.807) is 0 Å². The Labute approximate surface area is 92.7 Å². The molecule has 1 aromatic rings. The fraction of sp³-hybridized carbons (Fsp3) is 0.769. The van der Waals surface area contributed by atoms with Crippen molar-refractivity contribution in [2.75, 3.05) is 0 Å². The van der Waals surface area contributed by atoms with Gasteiger partial charge in [-0.05, 0) is 25.2 Å². The highest BCUT2D eigenvalue weighted by Gasteiger charge is 2.27. The molecule has 0 aliphatic carbocycles. The van der Waals surface area contributed by atoms with Gasteiger partial charge in [-0.15, -0.1) is 0 Å². The van der Waals surface area contributed by atoms with Crippen molar-refractivity contribution in [2.45, 2.75) is 65.3 Å². The van der Waals surface area contributed by atoms with Gasteiger partial charge in [0.2, 0.25) is 0 Å². The summed E-state index contributed by atoms with van der Waals surface area (Å²) in [5, 5.41) is 0. The van der Waals surface area contributed by atoms with Crippen LogP contribution in [-0.2, 0) is 6.42 Å². The van der Waals surface area contributed by atoms with Crippen LogP contribution in [0.1, 0.15) is 76.1 Å². The summed E-state index contributed by atoms with van der Waals surface area (Å²) in [5.74, 6) is 2.45. The quantitative estimate of drug-likeness (QED) is 0.722. The minimum atomic E-state index is 0.549. The summed E-state index contributed by atoms with van der Waals surface area (Å²) in [6.07, 6.45) is 2.42. The smallest absolute Gasteiger partial charge is 0.109 e. The van der Waals surface area contributed by atoms with Crippen LogP contribution < -0.4 is 0 Å². The van der Waals surface area contributed by atoms with E-state index in [4.69, 9.17) is 4.98 Å². The maximum atomic E-state index is 4.82. The number of aromatic nitrogens is 2. The zero-order valence-corrected chi connectivity index (χ0v) is 10.5. The standard InChI is InChI=1S/C13H22N2/c1-8(2)12-13(9(3)4)15-10(5)6-7-11(15)14-12/h8-10H,6-7H2,1-5H3. The van der Waals surface area contributed by atoms with Gasteiger partial charge in [0, 0.05) is 18.2 Å². The zero-order chi connectivity index (χ0) is 11.2. The Morgan fingerprint density at radius 1 is 1.20 bits per heavy atom. The summed E-state index contributed by atoms with van der Waals surface area (Å²) in [6.45, 7) is 11.4. The van der Waals surface area contributed by atoms with Gasteiger partial charge >= 0.3 is 0 Å². The predicted octanol–water partition coefficient (Wildman–Crippen LogP) is 3.64. The summed E-state index contributed by atoms with van der Waals surface area (Å²) < 4.78 is 2.49. The number of nitrogens with zero attached hydrogens (tertiary/aromatic N) is 2. The molecule has 15 heavy (non-hydrogen) atoms. The van der Waals surface area contributed by atoms with Crippen molar-refractivity contribution < 1.29 is 0 Å². The molecule has 0 aromatic carbocycles. The van der Waals surface area contributed by atoms with Crippen LogP contribution in [0.4, 0.5) is 0 Å². The Morgan fingerprint density at radius 2 is 1.87 bits per heavy atom. The lowest BCUT2D eigenvalue weighted by Gasteiger charge is -2.17. The Balaban J connectivity index is 2.56. The molecule has 1 aromatic heterocycles. The van der Waals surface area contributed by atoms with Crippen LogP contribution in [0.25, 0.3) is 0 Å². The van der Waals surface area contributed by atoms with E-state index in [9.17, 15) is 0 Å². The first-order chi connectivity index (χ1) is 7.02. The van der Waals surface area contributed by atoms with E-state index in [0.717, 1.165) is 6.42 Å². The monoisotopic (exact) mass is 206 g/mol. The topological polar surface area (TPSA) is 17.8 Å². The van der Waals surface area contributed by atoms with Crippen molar-refractivity contribution in [3.63, 3.8) is 0 Å². The first-order valence-corrected chi connectivity index (χ1v) is 6.13. The maximum Gasteiger partial charge on any atom is 0.109 e. The van der Waals surface area contributed by atoms with Crippen LogP contribution in [0.2, 0.25) is 0 Å². The van der Waals surface area contributed by atoms with Crippen LogP contribution in [0.3, 0.4) is 0 Å². The lowest BCUT2D eigenvalue weighted by molar-refractivity contribution is 0.541. The molecule has 2 rings (SSSR count). The molecule has 0 fully saturated rings. The molecule has 1 unspecified atom stereocenters. The Hall–Kier alpha value is -0.790. The molecule has 0 radical (unpaired) electrons. The fourth-order valence-electron chi connectivity index (χ4n) is 2.65. The van der Waals surface area contributed by atoms with Gasteiger partial charge in [0.25, 0.3) is 0 Å². The first kappa shape index (κ1) is 10.7. The van der Waals surface area contributed by atoms with Crippen molar-refractivity contribution in [2.24, 2.45) is 0 Å². The molecule has 1 atom stereocenters. The van der Waals surface area contributed by atoms with E-state index in [1.165, 1.54) is 23.6 Å². The van der Waals surface area contributed by atoms with Crippen LogP contribution >= 0.6 is 0 Å². The van der Waals surface area contributed by atoms with E-state index in [-0.39, 0.29) is 0 Å². The SMILES string of the molecule is CC(C)c1nc2n(c1C(C)C)C(C)CC2. The van der Waals surface area contributed by atoms with Crippen molar-refractivity contribution in [1.29, 1.82) is 0 Å². The molecule has 2 heteroatoms. The molecule has 2 nitrogen and oxygen atoms in total. The number of imidazole rings is 1. The van der Waals surface area contributed by atoms with Gasteiger partial charge in [-0.25, -0.2) is 4.98 Å². The Morgan fingerprint density at radius 3 is 2.40 bits per heavy atom. The highest BCUT2D eigenvalue weighted by Crippen LogP contribution is 2.35. The summed E-state index contributed by atoms with van der Waals surface area (Å²) in [7, 11) is 0. The van der Waals surface area contributed by atoms with Crippen molar-refractivity contribution in [1.82, 2.24) is 9.55 Å². The van der Waals surface area contributed by atoms with Crippen molar-refractivity contribution in [3.05, 3.63) is 17.2 Å². The van der Waals surface area contributed by atoms with E-state index in [2.05, 4.69) is 39.2 Å². The highest BCUT2D eigenvalue weighted by molar-refractivity contribution is 5.26. The predicted molar refractivity (Wildman–Crippen MR) is 63.4 cm³/mol. The Kier molecular flexibility index (Phi) is 2.61. The molecule has 0 spiro atoms.